The Morgan fingerprint density at radius 3 is 2.84 bits per heavy atom. The van der Waals surface area contributed by atoms with Crippen LogP contribution in [0.15, 0.2) is 18.7 Å². The van der Waals surface area contributed by atoms with Crippen molar-refractivity contribution >= 4 is 11.8 Å². The Kier molecular flexibility index (Phi) is 4.19. The van der Waals surface area contributed by atoms with E-state index in [0.717, 1.165) is 13.0 Å². The molecular formula is C13H20N4O2. The first kappa shape index (κ1) is 13.6. The van der Waals surface area contributed by atoms with Crippen LogP contribution in [-0.2, 0) is 16.1 Å². The first-order valence-electron chi connectivity index (χ1n) is 6.63. The molecular weight excluding hydrogens is 244 g/mol. The lowest BCUT2D eigenvalue weighted by Crippen LogP contribution is -2.45. The van der Waals surface area contributed by atoms with Crippen molar-refractivity contribution in [2.24, 2.45) is 0 Å². The predicted molar refractivity (Wildman–Crippen MR) is 70.2 cm³/mol. The Morgan fingerprint density at radius 1 is 1.37 bits per heavy atom. The summed E-state index contributed by atoms with van der Waals surface area (Å²) in [4.78, 5) is 29.5. The summed E-state index contributed by atoms with van der Waals surface area (Å²) < 4.78 is 1.99. The summed E-state index contributed by atoms with van der Waals surface area (Å²) in [6.45, 7) is 5.15. The van der Waals surface area contributed by atoms with Crippen molar-refractivity contribution < 1.29 is 9.59 Å². The molecule has 0 radical (unpaired) electrons. The maximum Gasteiger partial charge on any atom is 0.245 e. The summed E-state index contributed by atoms with van der Waals surface area (Å²) in [5.74, 6) is -0.0468. The third kappa shape index (κ3) is 3.33. The molecule has 1 N–H and O–H groups in total. The summed E-state index contributed by atoms with van der Waals surface area (Å²) in [6, 6.07) is -0.467. The van der Waals surface area contributed by atoms with Crippen molar-refractivity contribution in [3.8, 4) is 0 Å². The highest BCUT2D eigenvalue weighted by Gasteiger charge is 2.30. The topological polar surface area (TPSA) is 67.2 Å². The van der Waals surface area contributed by atoms with Gasteiger partial charge in [-0.2, -0.15) is 0 Å². The minimum absolute atomic E-state index is 0.00369. The smallest absolute Gasteiger partial charge is 0.245 e. The highest BCUT2D eigenvalue weighted by atomic mass is 16.2. The SMILES string of the molecule is CC1NC(=O)CC(C)N(CCCn2ccnc2)C1=O. The summed E-state index contributed by atoms with van der Waals surface area (Å²) in [6.07, 6.45) is 6.64. The molecule has 2 amide bonds. The first-order valence-corrected chi connectivity index (χ1v) is 6.63. The summed E-state index contributed by atoms with van der Waals surface area (Å²) in [5.41, 5.74) is 0. The molecule has 6 heteroatoms. The van der Waals surface area contributed by atoms with Gasteiger partial charge in [-0.3, -0.25) is 9.59 Å². The number of rotatable bonds is 4. The van der Waals surface area contributed by atoms with Crippen molar-refractivity contribution in [1.82, 2.24) is 19.8 Å². The molecule has 2 unspecified atom stereocenters. The fourth-order valence-electron chi connectivity index (χ4n) is 2.38. The molecule has 2 atom stereocenters. The zero-order valence-electron chi connectivity index (χ0n) is 11.4. The van der Waals surface area contributed by atoms with Gasteiger partial charge in [-0.25, -0.2) is 4.98 Å². The fraction of sp³-hybridized carbons (Fsp3) is 0.615. The van der Waals surface area contributed by atoms with Crippen molar-refractivity contribution in [1.29, 1.82) is 0 Å². The number of nitrogens with one attached hydrogen (secondary N) is 1. The van der Waals surface area contributed by atoms with Crippen molar-refractivity contribution in [3.05, 3.63) is 18.7 Å². The van der Waals surface area contributed by atoms with Gasteiger partial charge in [0.2, 0.25) is 11.8 Å². The van der Waals surface area contributed by atoms with E-state index >= 15 is 0 Å². The van der Waals surface area contributed by atoms with Crippen LogP contribution in [0.5, 0.6) is 0 Å². The van der Waals surface area contributed by atoms with Gasteiger partial charge in [0.05, 0.1) is 6.33 Å². The maximum absolute atomic E-state index is 12.2. The molecule has 0 saturated carbocycles. The lowest BCUT2D eigenvalue weighted by molar-refractivity contribution is -0.134. The van der Waals surface area contributed by atoms with Crippen LogP contribution in [0.1, 0.15) is 26.7 Å². The van der Waals surface area contributed by atoms with Crippen LogP contribution in [0.4, 0.5) is 0 Å². The van der Waals surface area contributed by atoms with Crippen LogP contribution >= 0.6 is 0 Å². The number of imidazole rings is 1. The molecule has 1 aliphatic rings. The summed E-state index contributed by atoms with van der Waals surface area (Å²) >= 11 is 0. The number of aryl methyl sites for hydroxylation is 1. The van der Waals surface area contributed by atoms with Crippen LogP contribution in [0.2, 0.25) is 0 Å². The van der Waals surface area contributed by atoms with E-state index in [1.165, 1.54) is 0 Å². The molecule has 0 aromatic carbocycles. The minimum Gasteiger partial charge on any atom is -0.345 e. The molecule has 104 valence electrons. The van der Waals surface area contributed by atoms with Crippen molar-refractivity contribution in [2.45, 2.75) is 45.3 Å². The van der Waals surface area contributed by atoms with E-state index in [1.54, 1.807) is 24.3 Å². The van der Waals surface area contributed by atoms with Gasteiger partial charge in [0.25, 0.3) is 0 Å². The van der Waals surface area contributed by atoms with E-state index in [-0.39, 0.29) is 17.9 Å². The van der Waals surface area contributed by atoms with Crippen LogP contribution in [0.25, 0.3) is 0 Å². The van der Waals surface area contributed by atoms with Gasteiger partial charge in [0.15, 0.2) is 0 Å². The molecule has 0 aliphatic carbocycles. The van der Waals surface area contributed by atoms with Gasteiger partial charge in [-0.05, 0) is 20.3 Å². The number of carbonyl (C=O) groups is 2. The van der Waals surface area contributed by atoms with E-state index in [2.05, 4.69) is 10.3 Å². The standard InChI is InChI=1S/C13H20N4O2/c1-10-8-12(18)15-11(2)13(19)17(10)6-3-5-16-7-4-14-9-16/h4,7,9-11H,3,5-6,8H2,1-2H3,(H,15,18). The Labute approximate surface area is 112 Å². The van der Waals surface area contributed by atoms with E-state index in [4.69, 9.17) is 0 Å². The average Bonchev–Trinajstić information content (AvgIpc) is 2.83. The van der Waals surface area contributed by atoms with Gasteiger partial charge < -0.3 is 14.8 Å². The summed E-state index contributed by atoms with van der Waals surface area (Å²) in [5, 5.41) is 2.71. The third-order valence-electron chi connectivity index (χ3n) is 3.42. The molecule has 0 bridgehead atoms. The molecule has 1 aliphatic heterocycles. The van der Waals surface area contributed by atoms with Gasteiger partial charge in [0.1, 0.15) is 6.04 Å². The first-order chi connectivity index (χ1) is 9.08. The van der Waals surface area contributed by atoms with Crippen LogP contribution in [0, 0.1) is 0 Å². The van der Waals surface area contributed by atoms with Crippen molar-refractivity contribution in [3.63, 3.8) is 0 Å². The average molecular weight is 264 g/mol. The Balaban J connectivity index is 1.92. The molecule has 2 heterocycles. The third-order valence-corrected chi connectivity index (χ3v) is 3.42. The largest absolute Gasteiger partial charge is 0.345 e. The number of nitrogens with zero attached hydrogens (tertiary/aromatic N) is 3. The lowest BCUT2D eigenvalue weighted by Gasteiger charge is -2.27. The van der Waals surface area contributed by atoms with Crippen LogP contribution in [0.3, 0.4) is 0 Å². The predicted octanol–water partition coefficient (Wildman–Crippen LogP) is 0.399. The lowest BCUT2D eigenvalue weighted by atomic mass is 10.2. The quantitative estimate of drug-likeness (QED) is 0.856. The second-order valence-corrected chi connectivity index (χ2v) is 5.03. The molecule has 19 heavy (non-hydrogen) atoms. The van der Waals surface area contributed by atoms with E-state index < -0.39 is 6.04 Å². The van der Waals surface area contributed by atoms with Gasteiger partial charge in [-0.15, -0.1) is 0 Å². The zero-order chi connectivity index (χ0) is 13.8. The zero-order valence-corrected chi connectivity index (χ0v) is 11.4. The summed E-state index contributed by atoms with van der Waals surface area (Å²) in [7, 11) is 0. The number of amides is 2. The Hall–Kier alpha value is -1.85. The van der Waals surface area contributed by atoms with Gasteiger partial charge >= 0.3 is 0 Å². The number of aromatic nitrogens is 2. The molecule has 0 spiro atoms. The molecule has 1 saturated heterocycles. The molecule has 1 aromatic rings. The monoisotopic (exact) mass is 264 g/mol. The molecule has 2 rings (SSSR count). The van der Waals surface area contributed by atoms with E-state index in [9.17, 15) is 9.59 Å². The van der Waals surface area contributed by atoms with E-state index in [1.807, 2.05) is 17.7 Å². The number of carbonyl (C=O) groups excluding carboxylic acids is 2. The van der Waals surface area contributed by atoms with Crippen LogP contribution in [-0.4, -0.2) is 44.9 Å². The second kappa shape index (κ2) is 5.86. The van der Waals surface area contributed by atoms with E-state index in [0.29, 0.717) is 13.0 Å². The normalized spacial score (nSPS) is 24.2. The number of hydrogen-bond acceptors (Lipinski definition) is 3. The van der Waals surface area contributed by atoms with Gasteiger partial charge in [-0.1, -0.05) is 0 Å². The Morgan fingerprint density at radius 2 is 2.16 bits per heavy atom. The minimum atomic E-state index is -0.425. The number of hydrogen-bond donors (Lipinski definition) is 1. The molecule has 1 aromatic heterocycles. The maximum atomic E-state index is 12.2. The van der Waals surface area contributed by atoms with Gasteiger partial charge in [0, 0.05) is 37.9 Å². The second-order valence-electron chi connectivity index (χ2n) is 5.03. The molecule has 1 fully saturated rings. The fourth-order valence-corrected chi connectivity index (χ4v) is 2.38. The van der Waals surface area contributed by atoms with Crippen LogP contribution < -0.4 is 5.32 Å². The highest BCUT2D eigenvalue weighted by Crippen LogP contribution is 2.12. The molecule has 6 nitrogen and oxygen atoms in total. The Bertz CT molecular complexity index is 444. The van der Waals surface area contributed by atoms with Crippen molar-refractivity contribution in [2.75, 3.05) is 6.54 Å². The highest BCUT2D eigenvalue weighted by molar-refractivity contribution is 5.90.